The van der Waals surface area contributed by atoms with Crippen LogP contribution in [-0.4, -0.2) is 37.1 Å². The first-order valence-corrected chi connectivity index (χ1v) is 10.4. The van der Waals surface area contributed by atoms with Crippen molar-refractivity contribution < 1.29 is 14.3 Å². The number of thiophene rings is 1. The van der Waals surface area contributed by atoms with Crippen LogP contribution in [0.2, 0.25) is 0 Å². The van der Waals surface area contributed by atoms with Crippen LogP contribution in [-0.2, 0) is 0 Å². The third-order valence-corrected chi connectivity index (χ3v) is 6.23. The lowest BCUT2D eigenvalue weighted by Crippen LogP contribution is -2.13. The van der Waals surface area contributed by atoms with Gasteiger partial charge in [-0.1, -0.05) is 18.2 Å². The number of ether oxygens (including phenoxy) is 2. The number of rotatable bonds is 6. The Kier molecular flexibility index (Phi) is 5.73. The van der Waals surface area contributed by atoms with E-state index in [1.165, 1.54) is 17.7 Å². The molecule has 8 heteroatoms. The molecule has 31 heavy (non-hydrogen) atoms. The van der Waals surface area contributed by atoms with E-state index in [0.29, 0.717) is 22.1 Å². The quantitative estimate of drug-likeness (QED) is 0.458. The largest absolute Gasteiger partial charge is 0.497 e. The van der Waals surface area contributed by atoms with Gasteiger partial charge >= 0.3 is 0 Å². The average molecular weight is 435 g/mol. The Hall–Kier alpha value is -3.65. The smallest absolute Gasteiger partial charge is 0.266 e. The topological polar surface area (TPSA) is 76.6 Å². The van der Waals surface area contributed by atoms with Crippen molar-refractivity contribution in [2.24, 2.45) is 0 Å². The summed E-state index contributed by atoms with van der Waals surface area (Å²) in [6.07, 6.45) is 1.53. The molecule has 2 aromatic heterocycles. The Morgan fingerprint density at radius 3 is 2.55 bits per heavy atom. The Labute approximate surface area is 184 Å². The van der Waals surface area contributed by atoms with Crippen LogP contribution in [0.25, 0.3) is 10.2 Å². The second kappa shape index (κ2) is 8.61. The van der Waals surface area contributed by atoms with Crippen molar-refractivity contribution in [2.75, 3.05) is 31.5 Å². The molecule has 0 fully saturated rings. The Morgan fingerprint density at radius 1 is 1.06 bits per heavy atom. The van der Waals surface area contributed by atoms with Crippen LogP contribution in [0, 0.1) is 6.92 Å². The SMILES string of the molecule is COc1ccc(OC)c(NC(=O)c2sc3ncnc(N(C)c4ccccc4)c3c2C)c1. The van der Waals surface area contributed by atoms with Crippen LogP contribution in [0.4, 0.5) is 17.2 Å². The van der Waals surface area contributed by atoms with E-state index in [0.717, 1.165) is 27.3 Å². The van der Waals surface area contributed by atoms with Gasteiger partial charge in [-0.15, -0.1) is 11.3 Å². The molecule has 2 heterocycles. The van der Waals surface area contributed by atoms with E-state index < -0.39 is 0 Å². The minimum Gasteiger partial charge on any atom is -0.497 e. The molecule has 0 aliphatic carbocycles. The zero-order valence-corrected chi connectivity index (χ0v) is 18.5. The number of carbonyl (C=O) groups is 1. The van der Waals surface area contributed by atoms with Gasteiger partial charge in [0, 0.05) is 18.8 Å². The van der Waals surface area contributed by atoms with Gasteiger partial charge in [0.1, 0.15) is 28.5 Å². The highest BCUT2D eigenvalue weighted by atomic mass is 32.1. The van der Waals surface area contributed by atoms with Gasteiger partial charge in [-0.05, 0) is 36.8 Å². The molecule has 4 rings (SSSR count). The van der Waals surface area contributed by atoms with Gasteiger partial charge in [-0.2, -0.15) is 0 Å². The summed E-state index contributed by atoms with van der Waals surface area (Å²) in [7, 11) is 5.09. The minimum atomic E-state index is -0.236. The van der Waals surface area contributed by atoms with Crippen LogP contribution in [0.1, 0.15) is 15.2 Å². The normalized spacial score (nSPS) is 10.7. The number of para-hydroxylation sites is 1. The highest BCUT2D eigenvalue weighted by Crippen LogP contribution is 2.37. The third-order valence-electron chi connectivity index (χ3n) is 5.03. The van der Waals surface area contributed by atoms with Crippen molar-refractivity contribution in [1.82, 2.24) is 9.97 Å². The second-order valence-corrected chi connectivity index (χ2v) is 7.85. The van der Waals surface area contributed by atoms with Crippen LogP contribution in [0.5, 0.6) is 11.5 Å². The first-order valence-electron chi connectivity index (χ1n) is 9.59. The van der Waals surface area contributed by atoms with E-state index >= 15 is 0 Å². The molecule has 0 saturated carbocycles. The third kappa shape index (κ3) is 3.89. The number of amides is 1. The van der Waals surface area contributed by atoms with Crippen molar-refractivity contribution in [3.05, 3.63) is 65.3 Å². The lowest BCUT2D eigenvalue weighted by Gasteiger charge is -2.19. The molecule has 1 amide bonds. The molecule has 1 N–H and O–H groups in total. The number of aryl methyl sites for hydroxylation is 1. The van der Waals surface area contributed by atoms with Crippen molar-refractivity contribution in [3.63, 3.8) is 0 Å². The van der Waals surface area contributed by atoms with Crippen LogP contribution in [0.3, 0.4) is 0 Å². The molecule has 0 aliphatic heterocycles. The van der Waals surface area contributed by atoms with Gasteiger partial charge in [0.2, 0.25) is 0 Å². The number of anilines is 3. The molecule has 7 nitrogen and oxygen atoms in total. The number of benzene rings is 2. The van der Waals surface area contributed by atoms with E-state index in [4.69, 9.17) is 9.47 Å². The molecule has 0 saturated heterocycles. The van der Waals surface area contributed by atoms with E-state index in [-0.39, 0.29) is 5.91 Å². The molecule has 158 valence electrons. The summed E-state index contributed by atoms with van der Waals surface area (Å²) < 4.78 is 10.6. The number of methoxy groups -OCH3 is 2. The Morgan fingerprint density at radius 2 is 1.84 bits per heavy atom. The van der Waals surface area contributed by atoms with Gasteiger partial charge in [0.05, 0.1) is 30.2 Å². The lowest BCUT2D eigenvalue weighted by atomic mass is 10.1. The number of nitrogens with one attached hydrogen (secondary N) is 1. The van der Waals surface area contributed by atoms with Gasteiger partial charge in [0.25, 0.3) is 5.91 Å². The van der Waals surface area contributed by atoms with Crippen molar-refractivity contribution >= 4 is 44.7 Å². The van der Waals surface area contributed by atoms with E-state index in [9.17, 15) is 4.79 Å². The lowest BCUT2D eigenvalue weighted by molar-refractivity contribution is 0.102. The summed E-state index contributed by atoms with van der Waals surface area (Å²) in [5, 5.41) is 3.80. The van der Waals surface area contributed by atoms with Gasteiger partial charge < -0.3 is 19.7 Å². The number of nitrogens with zero attached hydrogens (tertiary/aromatic N) is 3. The van der Waals surface area contributed by atoms with E-state index in [1.54, 1.807) is 32.4 Å². The van der Waals surface area contributed by atoms with E-state index in [2.05, 4.69) is 15.3 Å². The van der Waals surface area contributed by atoms with Crippen LogP contribution >= 0.6 is 11.3 Å². The maximum absolute atomic E-state index is 13.2. The highest BCUT2D eigenvalue weighted by Gasteiger charge is 2.22. The number of carbonyl (C=O) groups excluding carboxylic acids is 1. The number of fused-ring (bicyclic) bond motifs is 1. The summed E-state index contributed by atoms with van der Waals surface area (Å²) in [6.45, 7) is 1.92. The molecule has 4 aromatic rings. The molecular weight excluding hydrogens is 412 g/mol. The minimum absolute atomic E-state index is 0.236. The summed E-state index contributed by atoms with van der Waals surface area (Å²) in [5.41, 5.74) is 2.37. The van der Waals surface area contributed by atoms with E-state index in [1.807, 2.05) is 49.2 Å². The molecule has 2 aromatic carbocycles. The predicted octanol–water partition coefficient (Wildman–Crippen LogP) is 5.04. The molecule has 0 aliphatic rings. The molecule has 0 spiro atoms. The van der Waals surface area contributed by atoms with Crippen LogP contribution in [0.15, 0.2) is 54.9 Å². The fourth-order valence-electron chi connectivity index (χ4n) is 3.39. The van der Waals surface area contributed by atoms with Crippen molar-refractivity contribution in [2.45, 2.75) is 6.92 Å². The summed E-state index contributed by atoms with van der Waals surface area (Å²) in [4.78, 5) is 25.4. The number of hydrogen-bond donors (Lipinski definition) is 1. The fourth-order valence-corrected chi connectivity index (χ4v) is 4.43. The number of hydrogen-bond acceptors (Lipinski definition) is 7. The van der Waals surface area contributed by atoms with Gasteiger partial charge in [-0.25, -0.2) is 9.97 Å². The molecular formula is C23H22N4O3S. The maximum Gasteiger partial charge on any atom is 0.266 e. The first-order chi connectivity index (χ1) is 15.0. The predicted molar refractivity (Wildman–Crippen MR) is 124 cm³/mol. The van der Waals surface area contributed by atoms with Crippen molar-refractivity contribution in [3.8, 4) is 11.5 Å². The molecule has 0 atom stereocenters. The maximum atomic E-state index is 13.2. The summed E-state index contributed by atoms with van der Waals surface area (Å²) in [6, 6.07) is 15.2. The molecule has 0 radical (unpaired) electrons. The zero-order valence-electron chi connectivity index (χ0n) is 17.7. The second-order valence-electron chi connectivity index (χ2n) is 6.85. The van der Waals surface area contributed by atoms with Crippen molar-refractivity contribution in [1.29, 1.82) is 0 Å². The first kappa shape index (κ1) is 20.6. The summed E-state index contributed by atoms with van der Waals surface area (Å²) >= 11 is 1.34. The zero-order chi connectivity index (χ0) is 22.0. The Balaban J connectivity index is 1.73. The van der Waals surface area contributed by atoms with Crippen LogP contribution < -0.4 is 19.7 Å². The number of aromatic nitrogens is 2. The Bertz CT molecular complexity index is 1240. The van der Waals surface area contributed by atoms with Gasteiger partial charge in [-0.3, -0.25) is 4.79 Å². The monoisotopic (exact) mass is 434 g/mol. The molecule has 0 unspecified atom stereocenters. The molecule has 0 bridgehead atoms. The fraction of sp³-hybridized carbons (Fsp3) is 0.174. The average Bonchev–Trinajstić information content (AvgIpc) is 3.16. The van der Waals surface area contributed by atoms with Gasteiger partial charge in [0.15, 0.2) is 0 Å². The highest BCUT2D eigenvalue weighted by molar-refractivity contribution is 7.20. The standard InChI is InChI=1S/C23H22N4O3S/c1-14-19-21(27(2)15-8-6-5-7-9-15)24-13-25-23(19)31-20(14)22(28)26-17-12-16(29-3)10-11-18(17)30-4/h5-13H,1-4H3,(H,26,28). The summed E-state index contributed by atoms with van der Waals surface area (Å²) in [5.74, 6) is 1.70.